The Morgan fingerprint density at radius 1 is 1.21 bits per heavy atom. The Hall–Kier alpha value is -1.79. The van der Waals surface area contributed by atoms with Crippen LogP contribution in [0.1, 0.15) is 52.9 Å². The van der Waals surface area contributed by atoms with Crippen LogP contribution in [0.2, 0.25) is 0 Å². The summed E-state index contributed by atoms with van der Waals surface area (Å²) in [4.78, 5) is 36.4. The molecule has 0 aromatic heterocycles. The summed E-state index contributed by atoms with van der Waals surface area (Å²) in [7, 11) is 0. The van der Waals surface area contributed by atoms with Crippen LogP contribution in [0.5, 0.6) is 0 Å². The summed E-state index contributed by atoms with van der Waals surface area (Å²) in [5, 5.41) is 20.8. The highest BCUT2D eigenvalue weighted by Gasteiger charge is 2.64. The summed E-state index contributed by atoms with van der Waals surface area (Å²) in [5.41, 5.74) is -0.123. The summed E-state index contributed by atoms with van der Waals surface area (Å²) in [6.07, 6.45) is 5.98. The second-order valence-electron chi connectivity index (χ2n) is 9.74. The van der Waals surface area contributed by atoms with Gasteiger partial charge in [-0.05, 0) is 62.4 Å². The summed E-state index contributed by atoms with van der Waals surface area (Å²) in [6.45, 7) is 4.93. The standard InChI is InChI=1S/C23H30O6/c1-12(25)29-20-9-14(26)8-13-4-5-15-16-6-7-17(19(28)11-24)22(16,2)10-18(27)21(15)23(13,20)3/h8-9,15-18,21,24,27H,4-7,10-11H2,1-3H3/t15-,16-,17+,18-,21+,22-,23+/m0/s1. The number of rotatable bonds is 3. The van der Waals surface area contributed by atoms with E-state index in [2.05, 4.69) is 6.92 Å². The molecule has 6 heteroatoms. The highest BCUT2D eigenvalue weighted by Crippen LogP contribution is 2.67. The number of aliphatic hydroxyl groups is 2. The van der Waals surface area contributed by atoms with Gasteiger partial charge in [0.15, 0.2) is 11.6 Å². The molecule has 0 heterocycles. The maximum absolute atomic E-state index is 12.4. The first-order chi connectivity index (χ1) is 13.6. The molecule has 4 aliphatic carbocycles. The number of esters is 1. The fourth-order valence-corrected chi connectivity index (χ4v) is 7.33. The van der Waals surface area contributed by atoms with Crippen molar-refractivity contribution in [3.8, 4) is 0 Å². The van der Waals surface area contributed by atoms with E-state index in [1.54, 1.807) is 6.08 Å². The Labute approximate surface area is 171 Å². The van der Waals surface area contributed by atoms with Crippen molar-refractivity contribution in [3.05, 3.63) is 23.5 Å². The van der Waals surface area contributed by atoms with Gasteiger partial charge in [-0.25, -0.2) is 0 Å². The van der Waals surface area contributed by atoms with Crippen molar-refractivity contribution in [1.29, 1.82) is 0 Å². The molecule has 158 valence electrons. The smallest absolute Gasteiger partial charge is 0.307 e. The third kappa shape index (κ3) is 2.87. The molecule has 7 atom stereocenters. The van der Waals surface area contributed by atoms with Gasteiger partial charge in [-0.3, -0.25) is 14.4 Å². The summed E-state index contributed by atoms with van der Waals surface area (Å²) < 4.78 is 5.51. The van der Waals surface area contributed by atoms with Crippen molar-refractivity contribution in [1.82, 2.24) is 0 Å². The third-order valence-electron chi connectivity index (χ3n) is 8.43. The predicted molar refractivity (Wildman–Crippen MR) is 104 cm³/mol. The van der Waals surface area contributed by atoms with E-state index in [0.717, 1.165) is 24.8 Å². The third-order valence-corrected chi connectivity index (χ3v) is 8.43. The van der Waals surface area contributed by atoms with E-state index in [-0.39, 0.29) is 40.7 Å². The van der Waals surface area contributed by atoms with Crippen LogP contribution in [0.15, 0.2) is 23.5 Å². The number of ether oxygens (including phenoxy) is 1. The Morgan fingerprint density at radius 2 is 1.93 bits per heavy atom. The SMILES string of the molecule is CC(=O)OC1=CC(=O)C=C2CC[C@@H]3[C@H]([C@@H](O)C[C@]4(C)[C@@H](C(=O)CO)CC[C@@H]34)[C@]21C. The van der Waals surface area contributed by atoms with Crippen molar-refractivity contribution in [2.75, 3.05) is 6.61 Å². The van der Waals surface area contributed by atoms with Gasteiger partial charge >= 0.3 is 5.97 Å². The lowest BCUT2D eigenvalue weighted by atomic mass is 9.46. The van der Waals surface area contributed by atoms with Crippen LogP contribution in [0.3, 0.4) is 0 Å². The Bertz CT molecular complexity index is 825. The lowest BCUT2D eigenvalue weighted by Crippen LogP contribution is -2.57. The maximum Gasteiger partial charge on any atom is 0.307 e. The molecule has 0 radical (unpaired) electrons. The van der Waals surface area contributed by atoms with Crippen molar-refractivity contribution < 1.29 is 29.3 Å². The van der Waals surface area contributed by atoms with E-state index in [0.29, 0.717) is 18.6 Å². The van der Waals surface area contributed by atoms with Gasteiger partial charge in [-0.2, -0.15) is 0 Å². The van der Waals surface area contributed by atoms with Crippen molar-refractivity contribution in [3.63, 3.8) is 0 Å². The zero-order chi connectivity index (χ0) is 21.1. The molecule has 2 N–H and O–H groups in total. The number of carbonyl (C=O) groups excluding carboxylic acids is 3. The molecule has 3 fully saturated rings. The van der Waals surface area contributed by atoms with Crippen molar-refractivity contribution >= 4 is 17.5 Å². The van der Waals surface area contributed by atoms with E-state index >= 15 is 0 Å². The van der Waals surface area contributed by atoms with Gasteiger partial charge in [-0.15, -0.1) is 0 Å². The second-order valence-corrected chi connectivity index (χ2v) is 9.74. The van der Waals surface area contributed by atoms with E-state index in [4.69, 9.17) is 4.74 Å². The first kappa shape index (κ1) is 20.5. The molecule has 0 spiro atoms. The van der Waals surface area contributed by atoms with E-state index in [1.807, 2.05) is 6.92 Å². The molecule has 3 saturated carbocycles. The Balaban J connectivity index is 1.75. The first-order valence-electron chi connectivity index (χ1n) is 10.6. The van der Waals surface area contributed by atoms with Gasteiger partial charge in [0.1, 0.15) is 12.4 Å². The quantitative estimate of drug-likeness (QED) is 0.703. The van der Waals surface area contributed by atoms with Crippen LogP contribution < -0.4 is 0 Å². The zero-order valence-electron chi connectivity index (χ0n) is 17.3. The molecular weight excluding hydrogens is 372 g/mol. The van der Waals surface area contributed by atoms with Gasteiger partial charge in [0.05, 0.1) is 11.5 Å². The lowest BCUT2D eigenvalue weighted by Gasteiger charge is -2.59. The number of ketones is 2. The van der Waals surface area contributed by atoms with Crippen LogP contribution in [-0.4, -0.2) is 40.5 Å². The number of hydrogen-bond donors (Lipinski definition) is 2. The summed E-state index contributed by atoms with van der Waals surface area (Å²) in [5.74, 6) is -0.440. The minimum absolute atomic E-state index is 0.132. The van der Waals surface area contributed by atoms with Crippen LogP contribution in [0, 0.1) is 34.5 Å². The average molecular weight is 402 g/mol. The molecule has 0 unspecified atom stereocenters. The zero-order valence-corrected chi connectivity index (χ0v) is 17.3. The maximum atomic E-state index is 12.4. The Kier molecular flexibility index (Phi) is 4.86. The Morgan fingerprint density at radius 3 is 2.59 bits per heavy atom. The monoisotopic (exact) mass is 402 g/mol. The fourth-order valence-electron chi connectivity index (χ4n) is 7.33. The normalized spacial score (nSPS) is 43.5. The number of allylic oxidation sites excluding steroid dienone is 3. The molecule has 0 aromatic rings. The highest BCUT2D eigenvalue weighted by atomic mass is 16.5. The van der Waals surface area contributed by atoms with Crippen molar-refractivity contribution in [2.45, 2.75) is 59.0 Å². The molecule has 0 bridgehead atoms. The molecule has 4 aliphatic rings. The number of Topliss-reactive ketones (excluding diaryl/α,β-unsaturated/α-hetero) is 1. The fraction of sp³-hybridized carbons (Fsp3) is 0.696. The van der Waals surface area contributed by atoms with Crippen LogP contribution >= 0.6 is 0 Å². The van der Waals surface area contributed by atoms with E-state index in [9.17, 15) is 24.6 Å². The second kappa shape index (κ2) is 6.88. The molecule has 4 rings (SSSR count). The van der Waals surface area contributed by atoms with Crippen LogP contribution in [-0.2, 0) is 19.1 Å². The van der Waals surface area contributed by atoms with Crippen molar-refractivity contribution in [2.24, 2.45) is 34.5 Å². The molecule has 0 amide bonds. The van der Waals surface area contributed by atoms with Crippen LogP contribution in [0.4, 0.5) is 0 Å². The van der Waals surface area contributed by atoms with Gasteiger partial charge < -0.3 is 14.9 Å². The van der Waals surface area contributed by atoms with Gasteiger partial charge in [-0.1, -0.05) is 12.5 Å². The summed E-state index contributed by atoms with van der Waals surface area (Å²) in [6, 6.07) is 0. The lowest BCUT2D eigenvalue weighted by molar-refractivity contribution is -0.151. The molecule has 29 heavy (non-hydrogen) atoms. The predicted octanol–water partition coefficient (Wildman–Crippen LogP) is 2.33. The number of fused-ring (bicyclic) bond motifs is 5. The first-order valence-corrected chi connectivity index (χ1v) is 10.6. The minimum atomic E-state index is -0.706. The largest absolute Gasteiger partial charge is 0.430 e. The summed E-state index contributed by atoms with van der Waals surface area (Å²) >= 11 is 0. The molecule has 6 nitrogen and oxygen atoms in total. The van der Waals surface area contributed by atoms with E-state index in [1.165, 1.54) is 13.0 Å². The van der Waals surface area contributed by atoms with Gasteiger partial charge in [0.2, 0.25) is 0 Å². The molecule has 0 aromatic carbocycles. The molecule has 0 aliphatic heterocycles. The molecule has 0 saturated heterocycles. The van der Waals surface area contributed by atoms with Crippen LogP contribution in [0.25, 0.3) is 0 Å². The van der Waals surface area contributed by atoms with Gasteiger partial charge in [0.25, 0.3) is 0 Å². The van der Waals surface area contributed by atoms with Gasteiger partial charge in [0, 0.05) is 24.8 Å². The number of aliphatic hydroxyl groups excluding tert-OH is 2. The molecular formula is C23H30O6. The number of hydrogen-bond acceptors (Lipinski definition) is 6. The topological polar surface area (TPSA) is 101 Å². The number of carbonyl (C=O) groups is 3. The van der Waals surface area contributed by atoms with E-state index < -0.39 is 24.1 Å². The minimum Gasteiger partial charge on any atom is -0.430 e. The average Bonchev–Trinajstić information content (AvgIpc) is 2.98. The highest BCUT2D eigenvalue weighted by molar-refractivity contribution is 6.02.